The number of carboxylic acid groups (broad SMARTS) is 1. The van der Waals surface area contributed by atoms with Crippen molar-refractivity contribution in [2.75, 3.05) is 7.11 Å². The van der Waals surface area contributed by atoms with Gasteiger partial charge in [-0.1, -0.05) is 0 Å². The maximum absolute atomic E-state index is 10.9. The molecule has 2 rings (SSSR count). The zero-order valence-electron chi connectivity index (χ0n) is 10.2. The lowest BCUT2D eigenvalue weighted by Gasteiger charge is -2.07. The molecule has 1 aromatic heterocycles. The lowest BCUT2D eigenvalue weighted by molar-refractivity contribution is 0.0697. The van der Waals surface area contributed by atoms with E-state index in [1.807, 2.05) is 25.1 Å². The molecule has 1 heterocycles. The van der Waals surface area contributed by atoms with Crippen LogP contribution >= 0.6 is 0 Å². The van der Waals surface area contributed by atoms with Crippen LogP contribution in [0.5, 0.6) is 5.75 Å². The lowest BCUT2D eigenvalue weighted by Crippen LogP contribution is -1.97. The van der Waals surface area contributed by atoms with Crippen LogP contribution < -0.4 is 4.74 Å². The van der Waals surface area contributed by atoms with Crippen LogP contribution in [0.2, 0.25) is 0 Å². The number of hydrogen-bond acceptors (Lipinski definition) is 3. The first-order valence-corrected chi connectivity index (χ1v) is 5.46. The predicted molar refractivity (Wildman–Crippen MR) is 67.9 cm³/mol. The van der Waals surface area contributed by atoms with E-state index in [1.165, 1.54) is 12.3 Å². The molecule has 0 fully saturated rings. The van der Waals surface area contributed by atoms with Crippen LogP contribution in [0.15, 0.2) is 36.5 Å². The van der Waals surface area contributed by atoms with Crippen molar-refractivity contribution in [1.29, 1.82) is 0 Å². The van der Waals surface area contributed by atoms with Gasteiger partial charge >= 0.3 is 5.97 Å². The first-order valence-electron chi connectivity index (χ1n) is 5.46. The number of carbonyl (C=O) groups is 1. The average Bonchev–Trinajstić information content (AvgIpc) is 2.38. The molecule has 2 aromatic rings. The Kier molecular flexibility index (Phi) is 3.28. The second-order valence-corrected chi connectivity index (χ2v) is 3.92. The molecule has 0 bridgehead atoms. The van der Waals surface area contributed by atoms with Crippen LogP contribution in [0.4, 0.5) is 0 Å². The molecule has 1 N–H and O–H groups in total. The fourth-order valence-corrected chi connectivity index (χ4v) is 1.76. The highest BCUT2D eigenvalue weighted by molar-refractivity contribution is 5.88. The summed E-state index contributed by atoms with van der Waals surface area (Å²) < 4.78 is 5.18. The van der Waals surface area contributed by atoms with Gasteiger partial charge in [-0.2, -0.15) is 0 Å². The summed E-state index contributed by atoms with van der Waals surface area (Å²) in [6.45, 7) is 1.93. The number of methoxy groups -OCH3 is 1. The van der Waals surface area contributed by atoms with Crippen molar-refractivity contribution >= 4 is 5.97 Å². The van der Waals surface area contributed by atoms with E-state index in [0.29, 0.717) is 5.69 Å². The Bertz CT molecular complexity index is 593. The van der Waals surface area contributed by atoms with Gasteiger partial charge in [0.05, 0.1) is 18.4 Å². The molecule has 0 aliphatic heterocycles. The van der Waals surface area contributed by atoms with Gasteiger partial charge in [0.25, 0.3) is 0 Å². The Balaban J connectivity index is 2.45. The quantitative estimate of drug-likeness (QED) is 0.900. The average molecular weight is 243 g/mol. The number of nitrogens with zero attached hydrogens (tertiary/aromatic N) is 1. The molecule has 4 heteroatoms. The molecule has 1 aromatic carbocycles. The Labute approximate surface area is 105 Å². The van der Waals surface area contributed by atoms with Crippen LogP contribution in [0, 0.1) is 6.92 Å². The van der Waals surface area contributed by atoms with Crippen molar-refractivity contribution in [3.8, 4) is 17.0 Å². The van der Waals surface area contributed by atoms with Crippen LogP contribution in [0.3, 0.4) is 0 Å². The summed E-state index contributed by atoms with van der Waals surface area (Å²) in [5.74, 6) is -0.156. The van der Waals surface area contributed by atoms with Gasteiger partial charge in [-0.05, 0) is 42.8 Å². The second-order valence-electron chi connectivity index (χ2n) is 3.92. The van der Waals surface area contributed by atoms with Crippen LogP contribution in [-0.2, 0) is 0 Å². The van der Waals surface area contributed by atoms with Gasteiger partial charge in [0.15, 0.2) is 0 Å². The van der Waals surface area contributed by atoms with Crippen LogP contribution in [-0.4, -0.2) is 23.2 Å². The Hall–Kier alpha value is -2.36. The summed E-state index contributed by atoms with van der Waals surface area (Å²) in [6, 6.07) is 8.66. The molecule has 18 heavy (non-hydrogen) atoms. The van der Waals surface area contributed by atoms with Gasteiger partial charge in [0.1, 0.15) is 5.75 Å². The Morgan fingerprint density at radius 3 is 2.67 bits per heavy atom. The van der Waals surface area contributed by atoms with E-state index in [0.717, 1.165) is 16.9 Å². The van der Waals surface area contributed by atoms with E-state index >= 15 is 0 Å². The normalized spacial score (nSPS) is 10.1. The van der Waals surface area contributed by atoms with Crippen molar-refractivity contribution < 1.29 is 14.6 Å². The number of ether oxygens (including phenoxy) is 1. The van der Waals surface area contributed by atoms with Gasteiger partial charge < -0.3 is 9.84 Å². The first kappa shape index (κ1) is 12.1. The number of hydrogen-bond donors (Lipinski definition) is 1. The van der Waals surface area contributed by atoms with Gasteiger partial charge in [0.2, 0.25) is 0 Å². The number of carboxylic acids is 1. The number of aromatic carboxylic acids is 1. The number of pyridine rings is 1. The zero-order chi connectivity index (χ0) is 13.1. The standard InChI is InChI=1S/C14H13NO3/c1-9-7-10(3-4-13(9)18-2)12-8-11(14(16)17)5-6-15-12/h3-8H,1-2H3,(H,16,17). The third kappa shape index (κ3) is 2.32. The number of rotatable bonds is 3. The van der Waals surface area contributed by atoms with Gasteiger partial charge in [-0.3, -0.25) is 4.98 Å². The maximum atomic E-state index is 10.9. The van der Waals surface area contributed by atoms with Crippen molar-refractivity contribution in [2.45, 2.75) is 6.92 Å². The molecule has 0 unspecified atom stereocenters. The van der Waals surface area contributed by atoms with Gasteiger partial charge in [-0.25, -0.2) is 4.79 Å². The molecular weight excluding hydrogens is 230 g/mol. The minimum Gasteiger partial charge on any atom is -0.496 e. The number of benzene rings is 1. The monoisotopic (exact) mass is 243 g/mol. The van der Waals surface area contributed by atoms with Crippen molar-refractivity contribution in [3.63, 3.8) is 0 Å². The van der Waals surface area contributed by atoms with E-state index in [9.17, 15) is 4.79 Å². The van der Waals surface area contributed by atoms with Crippen molar-refractivity contribution in [3.05, 3.63) is 47.7 Å². The fraction of sp³-hybridized carbons (Fsp3) is 0.143. The maximum Gasteiger partial charge on any atom is 0.335 e. The highest BCUT2D eigenvalue weighted by Gasteiger charge is 2.07. The van der Waals surface area contributed by atoms with E-state index in [4.69, 9.17) is 9.84 Å². The molecule has 0 aliphatic rings. The summed E-state index contributed by atoms with van der Waals surface area (Å²) in [5, 5.41) is 8.95. The Morgan fingerprint density at radius 2 is 2.06 bits per heavy atom. The summed E-state index contributed by atoms with van der Waals surface area (Å²) in [7, 11) is 1.62. The zero-order valence-corrected chi connectivity index (χ0v) is 10.2. The highest BCUT2D eigenvalue weighted by atomic mass is 16.5. The van der Waals surface area contributed by atoms with E-state index < -0.39 is 5.97 Å². The Morgan fingerprint density at radius 1 is 1.28 bits per heavy atom. The molecule has 92 valence electrons. The van der Waals surface area contributed by atoms with Crippen LogP contribution in [0.25, 0.3) is 11.3 Å². The lowest BCUT2D eigenvalue weighted by atomic mass is 10.1. The topological polar surface area (TPSA) is 59.4 Å². The third-order valence-corrected chi connectivity index (χ3v) is 2.70. The second kappa shape index (κ2) is 4.87. The smallest absolute Gasteiger partial charge is 0.335 e. The summed E-state index contributed by atoms with van der Waals surface area (Å²) in [5.41, 5.74) is 2.73. The molecule has 0 spiro atoms. The van der Waals surface area contributed by atoms with E-state index in [-0.39, 0.29) is 5.56 Å². The summed E-state index contributed by atoms with van der Waals surface area (Å²) >= 11 is 0. The fourth-order valence-electron chi connectivity index (χ4n) is 1.76. The number of aromatic nitrogens is 1. The molecule has 0 saturated heterocycles. The van der Waals surface area contributed by atoms with Gasteiger partial charge in [-0.15, -0.1) is 0 Å². The molecule has 4 nitrogen and oxygen atoms in total. The minimum atomic E-state index is -0.955. The molecule has 0 amide bonds. The van der Waals surface area contributed by atoms with E-state index in [2.05, 4.69) is 4.98 Å². The largest absolute Gasteiger partial charge is 0.496 e. The minimum absolute atomic E-state index is 0.230. The number of aryl methyl sites for hydroxylation is 1. The molecule has 0 aliphatic carbocycles. The van der Waals surface area contributed by atoms with Gasteiger partial charge in [0, 0.05) is 11.8 Å². The predicted octanol–water partition coefficient (Wildman–Crippen LogP) is 2.76. The SMILES string of the molecule is COc1ccc(-c2cc(C(=O)O)ccn2)cc1C. The first-order chi connectivity index (χ1) is 8.61. The summed E-state index contributed by atoms with van der Waals surface area (Å²) in [6.07, 6.45) is 1.50. The molecule has 0 atom stereocenters. The van der Waals surface area contributed by atoms with Crippen LogP contribution in [0.1, 0.15) is 15.9 Å². The van der Waals surface area contributed by atoms with E-state index in [1.54, 1.807) is 13.2 Å². The highest BCUT2D eigenvalue weighted by Crippen LogP contribution is 2.25. The van der Waals surface area contributed by atoms with Crippen molar-refractivity contribution in [1.82, 2.24) is 4.98 Å². The molecule has 0 radical (unpaired) electrons. The summed E-state index contributed by atoms with van der Waals surface area (Å²) in [4.78, 5) is 15.1. The molecule has 0 saturated carbocycles. The van der Waals surface area contributed by atoms with Crippen molar-refractivity contribution in [2.24, 2.45) is 0 Å². The third-order valence-electron chi connectivity index (χ3n) is 2.70. The molecular formula is C14H13NO3.